The first-order chi connectivity index (χ1) is 34.8. The number of hydrogen-bond donors (Lipinski definition) is 2. The molecule has 2 atom stereocenters. The Morgan fingerprint density at radius 3 is 2.12 bits per heavy atom. The van der Waals surface area contributed by atoms with E-state index >= 15 is 0 Å². The van der Waals surface area contributed by atoms with Crippen LogP contribution in [-0.2, 0) is 9.59 Å². The molecule has 1 aromatic heterocycles. The predicted octanol–water partition coefficient (Wildman–Crippen LogP) is 13.3. The third-order valence-corrected chi connectivity index (χ3v) is 13.4. The molecule has 0 radical (unpaired) electrons. The number of anilines is 2. The molecule has 5 rings (SSSR count). The Hall–Kier alpha value is -5.12. The van der Waals surface area contributed by atoms with Crippen LogP contribution in [0.3, 0.4) is 0 Å². The summed E-state index contributed by atoms with van der Waals surface area (Å²) in [7, 11) is 0. The van der Waals surface area contributed by atoms with Crippen molar-refractivity contribution in [3.63, 3.8) is 0 Å². The number of hydrogen-bond acceptors (Lipinski definition) is 9. The van der Waals surface area contributed by atoms with Gasteiger partial charge >= 0.3 is 0 Å². The monoisotopic (exact) mass is 1000 g/mol. The van der Waals surface area contributed by atoms with Gasteiger partial charge in [0.05, 0.1) is 6.61 Å². The third-order valence-electron chi connectivity index (χ3n) is 13.4. The number of nitrogens with zero attached hydrogens (tertiary/aromatic N) is 3. The van der Waals surface area contributed by atoms with Crippen LogP contribution in [0.25, 0.3) is 18.2 Å². The number of likely N-dealkylation sites (tertiary alicyclic amines) is 1. The summed E-state index contributed by atoms with van der Waals surface area (Å²) in [6.45, 7) is 42.4. The van der Waals surface area contributed by atoms with E-state index < -0.39 is 0 Å². The zero-order valence-corrected chi connectivity index (χ0v) is 48.3. The number of ether oxygens (including phenoxy) is 1. The number of aromatic nitrogens is 1. The van der Waals surface area contributed by atoms with Crippen LogP contribution in [0.15, 0.2) is 79.5 Å². The van der Waals surface area contributed by atoms with Crippen molar-refractivity contribution in [2.24, 2.45) is 23.7 Å². The van der Waals surface area contributed by atoms with E-state index in [9.17, 15) is 9.59 Å². The quantitative estimate of drug-likeness (QED) is 0.0333. The summed E-state index contributed by atoms with van der Waals surface area (Å²) in [5, 5.41) is 6.24. The van der Waals surface area contributed by atoms with Crippen molar-refractivity contribution in [2.75, 3.05) is 50.0 Å². The number of carbonyl (C=O) groups excluding carboxylic acids is 3. The van der Waals surface area contributed by atoms with Crippen molar-refractivity contribution < 1.29 is 19.1 Å². The zero-order valence-electron chi connectivity index (χ0n) is 48.3. The molecule has 9 heteroatoms. The molecule has 0 spiro atoms. The van der Waals surface area contributed by atoms with Gasteiger partial charge in [0.25, 0.3) is 0 Å². The Bertz CT molecular complexity index is 2230. The van der Waals surface area contributed by atoms with Crippen LogP contribution in [-0.4, -0.2) is 79.2 Å². The Kier molecular flexibility index (Phi) is 33.9. The Balaban J connectivity index is 0.000000646. The molecule has 2 unspecified atom stereocenters. The summed E-state index contributed by atoms with van der Waals surface area (Å²) in [6, 6.07) is 15.4. The molecule has 73 heavy (non-hydrogen) atoms. The van der Waals surface area contributed by atoms with Crippen molar-refractivity contribution in [3.8, 4) is 5.75 Å². The Morgan fingerprint density at radius 2 is 1.56 bits per heavy atom. The molecule has 2 aliphatic rings. The van der Waals surface area contributed by atoms with Crippen LogP contribution in [0.4, 0.5) is 11.5 Å². The second kappa shape index (κ2) is 37.6. The molecular weight excluding hydrogens is 903 g/mol. The predicted molar refractivity (Wildman–Crippen MR) is 316 cm³/mol. The van der Waals surface area contributed by atoms with E-state index in [1.54, 1.807) is 6.08 Å². The van der Waals surface area contributed by atoms with Crippen molar-refractivity contribution >= 4 is 47.6 Å². The maximum absolute atomic E-state index is 12.3. The lowest BCUT2D eigenvalue weighted by atomic mass is 9.97. The number of pyridine rings is 1. The van der Waals surface area contributed by atoms with Gasteiger partial charge in [-0.15, -0.1) is 6.58 Å². The van der Waals surface area contributed by atoms with Gasteiger partial charge in [0.1, 0.15) is 23.6 Å². The first kappa shape index (κ1) is 65.9. The molecule has 0 amide bonds. The van der Waals surface area contributed by atoms with Gasteiger partial charge in [-0.2, -0.15) is 0 Å². The smallest absolute Gasteiger partial charge is 0.165 e. The fourth-order valence-corrected chi connectivity index (χ4v) is 8.16. The van der Waals surface area contributed by atoms with E-state index in [4.69, 9.17) is 15.3 Å². The van der Waals surface area contributed by atoms with Gasteiger partial charge in [0, 0.05) is 66.6 Å². The van der Waals surface area contributed by atoms with Gasteiger partial charge in [-0.05, 0) is 175 Å². The molecule has 0 bridgehead atoms. The van der Waals surface area contributed by atoms with E-state index in [-0.39, 0.29) is 11.7 Å². The van der Waals surface area contributed by atoms with Crippen LogP contribution < -0.4 is 31.1 Å². The number of rotatable bonds is 22. The highest BCUT2D eigenvalue weighted by atomic mass is 16.5. The molecule has 3 aromatic rings. The first-order valence-corrected chi connectivity index (χ1v) is 27.7. The molecule has 0 saturated carbocycles. The summed E-state index contributed by atoms with van der Waals surface area (Å²) in [4.78, 5) is 41.4. The van der Waals surface area contributed by atoms with Crippen LogP contribution in [0, 0.1) is 37.5 Å². The standard InChI is InChI=1S/C33H48N4O2.C18H27N.C8H16O.C3H6.C2H4O/c1-6-10-27-20-32(34-21-26(27)5)37-22-29(23-37)35-28-13-16-36(17-14-28)15-8-7-9-18-39-30-11-12-31(25(4)19-30)33(38)24(2)3;1-6-13(3)11-16-9-8-10-18(19)17(16)12-15(5)14(4)7-2;1-4-8(9)6-5-7(2)3;1-3-2;1-2-3/h6,10-12,19-21,24,28-29,35H,7-9,13-18,22-23H2,1-5H3;8-14H,5-7,19H2,1-4H3;7H,4-6H2,1-3H3;3H,1H2,2H3;2H,1H3/b10-6-;16-11-,17-12+;;;. The molecule has 2 aliphatic heterocycles. The van der Waals surface area contributed by atoms with Crippen LogP contribution in [0.1, 0.15) is 174 Å². The summed E-state index contributed by atoms with van der Waals surface area (Å²) >= 11 is 0. The average Bonchev–Trinajstić information content (AvgIpc) is 3.35. The average molecular weight is 1000 g/mol. The molecule has 406 valence electrons. The number of Topliss-reactive ketones (excluding diaryl/α,β-unsaturated/α-hetero) is 2. The number of carbonyl (C=O) groups is 3. The number of nitrogen functional groups attached to an aromatic ring is 1. The minimum atomic E-state index is 0.0191. The number of aryl methyl sites for hydroxylation is 2. The SMILES string of the molecule is C/C=C\c1cc(N2CC(NC3CCN(CCCCCOc4ccc(C(=O)C(C)C)c(C)c4)CC3)C2)ncc1C.C=C(/C=c1/c(N)ccc/c1=C/C(C)CC)C(C)CC.C=CC.CC=O.CCC(=O)CCC(C)C. The number of piperidine rings is 1. The molecule has 3 N–H and O–H groups in total. The van der Waals surface area contributed by atoms with Crippen molar-refractivity contribution in [1.29, 1.82) is 0 Å². The second-order valence-corrected chi connectivity index (χ2v) is 20.6. The Morgan fingerprint density at radius 1 is 0.904 bits per heavy atom. The lowest BCUT2D eigenvalue weighted by Gasteiger charge is -2.44. The van der Waals surface area contributed by atoms with Crippen LogP contribution >= 0.6 is 0 Å². The third kappa shape index (κ3) is 26.1. The summed E-state index contributed by atoms with van der Waals surface area (Å²) in [6.07, 6.45) is 23.9. The van der Waals surface area contributed by atoms with Crippen molar-refractivity contribution in [3.05, 3.63) is 112 Å². The molecule has 2 saturated heterocycles. The first-order valence-electron chi connectivity index (χ1n) is 27.7. The number of benzene rings is 2. The molecule has 2 aromatic carbocycles. The van der Waals surface area contributed by atoms with Gasteiger partial charge in [-0.25, -0.2) is 4.98 Å². The normalized spacial score (nSPS) is 15.1. The summed E-state index contributed by atoms with van der Waals surface area (Å²) < 4.78 is 5.96. The fraction of sp³-hybridized carbons (Fsp3) is 0.562. The van der Waals surface area contributed by atoms with Crippen molar-refractivity contribution in [2.45, 2.75) is 173 Å². The van der Waals surface area contributed by atoms with Gasteiger partial charge in [0.15, 0.2) is 5.78 Å². The summed E-state index contributed by atoms with van der Waals surface area (Å²) in [5.74, 6) is 4.29. The molecule has 3 heterocycles. The number of nitrogens with one attached hydrogen (secondary N) is 1. The number of ketones is 2. The van der Waals surface area contributed by atoms with Crippen molar-refractivity contribution in [1.82, 2.24) is 15.2 Å². The fourth-order valence-electron chi connectivity index (χ4n) is 8.16. The minimum Gasteiger partial charge on any atom is -0.494 e. The van der Waals surface area contributed by atoms with Gasteiger partial charge < -0.3 is 30.4 Å². The summed E-state index contributed by atoms with van der Waals surface area (Å²) in [5.41, 5.74) is 12.4. The largest absolute Gasteiger partial charge is 0.494 e. The lowest BCUT2D eigenvalue weighted by Crippen LogP contribution is -2.61. The van der Waals surface area contributed by atoms with E-state index in [0.717, 1.165) is 97.3 Å². The van der Waals surface area contributed by atoms with Gasteiger partial charge in [-0.1, -0.05) is 117 Å². The number of aldehydes is 1. The number of nitrogens with two attached hydrogens (primary N) is 1. The second-order valence-electron chi connectivity index (χ2n) is 20.6. The molecular formula is C64H101N5O4. The molecule has 2 fully saturated rings. The van der Waals surface area contributed by atoms with Crippen LogP contribution in [0.2, 0.25) is 0 Å². The maximum atomic E-state index is 12.3. The van der Waals surface area contributed by atoms with Gasteiger partial charge in [-0.3, -0.25) is 9.59 Å². The maximum Gasteiger partial charge on any atom is 0.165 e. The van der Waals surface area contributed by atoms with E-state index in [1.165, 1.54) is 68.6 Å². The van der Waals surface area contributed by atoms with E-state index in [1.807, 2.05) is 71.1 Å². The Labute approximate surface area is 444 Å². The highest BCUT2D eigenvalue weighted by Gasteiger charge is 2.31. The molecule has 0 aliphatic carbocycles. The highest BCUT2D eigenvalue weighted by Crippen LogP contribution is 2.24. The highest BCUT2D eigenvalue weighted by molar-refractivity contribution is 5.98. The minimum absolute atomic E-state index is 0.0191. The topological polar surface area (TPSA) is 118 Å². The molecule has 9 nitrogen and oxygen atoms in total. The van der Waals surface area contributed by atoms with E-state index in [2.05, 4.69) is 125 Å². The van der Waals surface area contributed by atoms with Gasteiger partial charge in [0.2, 0.25) is 0 Å². The lowest BCUT2D eigenvalue weighted by molar-refractivity contribution is -0.119. The van der Waals surface area contributed by atoms with Crippen LogP contribution in [0.5, 0.6) is 5.75 Å². The zero-order chi connectivity index (χ0) is 54.9. The van der Waals surface area contributed by atoms with E-state index in [0.29, 0.717) is 42.0 Å². The number of unbranched alkanes of at least 4 members (excludes halogenated alkanes) is 2. The number of allylic oxidation sites excluding steroid dienone is 3.